The van der Waals surface area contributed by atoms with Gasteiger partial charge in [-0.2, -0.15) is 0 Å². The maximum absolute atomic E-state index is 11.4. The van der Waals surface area contributed by atoms with Crippen LogP contribution in [0.5, 0.6) is 0 Å². The summed E-state index contributed by atoms with van der Waals surface area (Å²) in [4.78, 5) is 11.4. The summed E-state index contributed by atoms with van der Waals surface area (Å²) in [5.41, 5.74) is 1.09. The average molecular weight is 235 g/mol. The highest BCUT2D eigenvalue weighted by molar-refractivity contribution is 5.40. The molecule has 0 amide bonds. The van der Waals surface area contributed by atoms with Gasteiger partial charge in [-0.1, -0.05) is 6.42 Å². The molecule has 17 heavy (non-hydrogen) atoms. The summed E-state index contributed by atoms with van der Waals surface area (Å²) in [5, 5.41) is 6.89. The van der Waals surface area contributed by atoms with Gasteiger partial charge in [-0.3, -0.25) is 4.79 Å². The molecule has 0 aliphatic carbocycles. The maximum atomic E-state index is 11.4. The van der Waals surface area contributed by atoms with Crippen LogP contribution < -0.4 is 16.2 Å². The van der Waals surface area contributed by atoms with Crippen LogP contribution in [-0.2, 0) is 6.54 Å². The molecule has 1 unspecified atom stereocenters. The normalized spacial score (nSPS) is 20.2. The minimum atomic E-state index is 0.0637. The zero-order chi connectivity index (χ0) is 12.1. The molecule has 94 valence electrons. The average Bonchev–Trinajstić information content (AvgIpc) is 2.39. The highest BCUT2D eigenvalue weighted by atomic mass is 16.1. The highest BCUT2D eigenvalue weighted by Crippen LogP contribution is 2.09. The first-order valence-electron chi connectivity index (χ1n) is 6.47. The van der Waals surface area contributed by atoms with E-state index in [9.17, 15) is 4.79 Å². The van der Waals surface area contributed by atoms with Crippen LogP contribution in [-0.4, -0.2) is 23.7 Å². The van der Waals surface area contributed by atoms with E-state index in [1.54, 1.807) is 10.6 Å². The highest BCUT2D eigenvalue weighted by Gasteiger charge is 2.11. The smallest absolute Gasteiger partial charge is 0.250 e. The minimum Gasteiger partial charge on any atom is -0.382 e. The molecular formula is C13H21N3O. The molecule has 2 heterocycles. The molecular weight excluding hydrogens is 214 g/mol. The molecule has 0 aromatic carbocycles. The molecule has 1 fully saturated rings. The van der Waals surface area contributed by atoms with Gasteiger partial charge < -0.3 is 15.2 Å². The molecule has 2 N–H and O–H groups in total. The lowest BCUT2D eigenvalue weighted by molar-refractivity contribution is 0.414. The van der Waals surface area contributed by atoms with Crippen LogP contribution in [0.25, 0.3) is 0 Å². The lowest BCUT2D eigenvalue weighted by atomic mass is 10.1. The topological polar surface area (TPSA) is 46.1 Å². The monoisotopic (exact) mass is 235 g/mol. The molecule has 4 heteroatoms. The Morgan fingerprint density at radius 1 is 1.47 bits per heavy atom. The van der Waals surface area contributed by atoms with Crippen molar-refractivity contribution < 1.29 is 0 Å². The van der Waals surface area contributed by atoms with Gasteiger partial charge >= 0.3 is 0 Å². The SMILES string of the molecule is CCn1cc(NCC2CCCCN2)ccc1=O. The van der Waals surface area contributed by atoms with Crippen molar-refractivity contribution in [2.75, 3.05) is 18.4 Å². The summed E-state index contributed by atoms with van der Waals surface area (Å²) in [5.74, 6) is 0. The molecule has 4 nitrogen and oxygen atoms in total. The van der Waals surface area contributed by atoms with E-state index in [1.165, 1.54) is 19.3 Å². The largest absolute Gasteiger partial charge is 0.382 e. The number of aryl methyl sites for hydroxylation is 1. The zero-order valence-corrected chi connectivity index (χ0v) is 10.4. The van der Waals surface area contributed by atoms with Crippen LogP contribution in [0.4, 0.5) is 5.69 Å². The second kappa shape index (κ2) is 5.87. The molecule has 0 spiro atoms. The number of hydrogen-bond donors (Lipinski definition) is 2. The Hall–Kier alpha value is -1.29. The Kier molecular flexibility index (Phi) is 4.20. The third-order valence-corrected chi connectivity index (χ3v) is 3.29. The van der Waals surface area contributed by atoms with Gasteiger partial charge in [-0.15, -0.1) is 0 Å². The van der Waals surface area contributed by atoms with Crippen molar-refractivity contribution in [3.05, 3.63) is 28.7 Å². The first-order valence-corrected chi connectivity index (χ1v) is 6.47. The van der Waals surface area contributed by atoms with Gasteiger partial charge in [0.1, 0.15) is 0 Å². The van der Waals surface area contributed by atoms with Crippen molar-refractivity contribution in [2.24, 2.45) is 0 Å². The fraction of sp³-hybridized carbons (Fsp3) is 0.615. The molecule has 1 aliphatic rings. The molecule has 1 atom stereocenters. The summed E-state index contributed by atoms with van der Waals surface area (Å²) < 4.78 is 1.72. The summed E-state index contributed by atoms with van der Waals surface area (Å²) in [6, 6.07) is 4.04. The standard InChI is InChI=1S/C13H21N3O/c1-2-16-10-12(6-7-13(16)17)15-9-11-5-3-4-8-14-11/h6-7,10-11,14-15H,2-5,8-9H2,1H3. The molecule has 2 rings (SSSR count). The predicted octanol–water partition coefficient (Wildman–Crippen LogP) is 1.42. The zero-order valence-electron chi connectivity index (χ0n) is 10.4. The second-order valence-electron chi connectivity index (χ2n) is 4.57. The van der Waals surface area contributed by atoms with E-state index in [2.05, 4.69) is 10.6 Å². The molecule has 1 aromatic heterocycles. The van der Waals surface area contributed by atoms with Gasteiger partial charge in [0.2, 0.25) is 0 Å². The van der Waals surface area contributed by atoms with Crippen molar-refractivity contribution in [3.8, 4) is 0 Å². The van der Waals surface area contributed by atoms with Gasteiger partial charge in [0, 0.05) is 31.4 Å². The van der Waals surface area contributed by atoms with E-state index in [0.717, 1.165) is 25.3 Å². The Balaban J connectivity index is 1.91. The van der Waals surface area contributed by atoms with Crippen LogP contribution in [0.15, 0.2) is 23.1 Å². The van der Waals surface area contributed by atoms with Crippen molar-refractivity contribution in [1.29, 1.82) is 0 Å². The first kappa shape index (κ1) is 12.2. The van der Waals surface area contributed by atoms with Crippen LogP contribution in [0.2, 0.25) is 0 Å². The quantitative estimate of drug-likeness (QED) is 0.829. The third kappa shape index (κ3) is 3.33. The third-order valence-electron chi connectivity index (χ3n) is 3.29. The fourth-order valence-corrected chi connectivity index (χ4v) is 2.22. The van der Waals surface area contributed by atoms with E-state index >= 15 is 0 Å². The van der Waals surface area contributed by atoms with Crippen LogP contribution in [0.3, 0.4) is 0 Å². The maximum Gasteiger partial charge on any atom is 0.250 e. The second-order valence-corrected chi connectivity index (χ2v) is 4.57. The number of rotatable bonds is 4. The number of pyridine rings is 1. The number of nitrogens with one attached hydrogen (secondary N) is 2. The molecule has 0 bridgehead atoms. The van der Waals surface area contributed by atoms with Crippen LogP contribution in [0, 0.1) is 0 Å². The minimum absolute atomic E-state index is 0.0637. The Labute approximate surface area is 102 Å². The van der Waals surface area contributed by atoms with E-state index < -0.39 is 0 Å². The van der Waals surface area contributed by atoms with Crippen molar-refractivity contribution >= 4 is 5.69 Å². The van der Waals surface area contributed by atoms with Crippen LogP contribution >= 0.6 is 0 Å². The van der Waals surface area contributed by atoms with Gasteiger partial charge in [-0.05, 0) is 32.4 Å². The fourth-order valence-electron chi connectivity index (χ4n) is 2.22. The molecule has 1 saturated heterocycles. The molecule has 1 aromatic rings. The number of piperidine rings is 1. The predicted molar refractivity (Wildman–Crippen MR) is 70.5 cm³/mol. The van der Waals surface area contributed by atoms with Crippen LogP contribution in [0.1, 0.15) is 26.2 Å². The first-order chi connectivity index (χ1) is 8.29. The summed E-state index contributed by atoms with van der Waals surface area (Å²) in [6.07, 6.45) is 5.73. The van der Waals surface area contributed by atoms with Crippen molar-refractivity contribution in [1.82, 2.24) is 9.88 Å². The summed E-state index contributed by atoms with van der Waals surface area (Å²) in [6.45, 7) is 4.76. The Morgan fingerprint density at radius 2 is 2.35 bits per heavy atom. The van der Waals surface area contributed by atoms with Gasteiger partial charge in [0.05, 0.1) is 5.69 Å². The number of hydrogen-bond acceptors (Lipinski definition) is 3. The molecule has 1 aliphatic heterocycles. The van der Waals surface area contributed by atoms with E-state index in [4.69, 9.17) is 0 Å². The Morgan fingerprint density at radius 3 is 3.06 bits per heavy atom. The summed E-state index contributed by atoms with van der Waals surface area (Å²) >= 11 is 0. The lowest BCUT2D eigenvalue weighted by Crippen LogP contribution is -2.39. The van der Waals surface area contributed by atoms with Gasteiger partial charge in [0.15, 0.2) is 0 Å². The van der Waals surface area contributed by atoms with E-state index in [1.807, 2.05) is 19.2 Å². The lowest BCUT2D eigenvalue weighted by Gasteiger charge is -2.24. The van der Waals surface area contributed by atoms with Gasteiger partial charge in [0.25, 0.3) is 5.56 Å². The Bertz CT molecular complexity index is 407. The number of anilines is 1. The number of nitrogens with zero attached hydrogens (tertiary/aromatic N) is 1. The molecule has 0 radical (unpaired) electrons. The summed E-state index contributed by atoms with van der Waals surface area (Å²) in [7, 11) is 0. The van der Waals surface area contributed by atoms with Crippen molar-refractivity contribution in [3.63, 3.8) is 0 Å². The van der Waals surface area contributed by atoms with Gasteiger partial charge in [-0.25, -0.2) is 0 Å². The number of aromatic nitrogens is 1. The van der Waals surface area contributed by atoms with Crippen molar-refractivity contribution in [2.45, 2.75) is 38.8 Å². The molecule has 0 saturated carbocycles. The van der Waals surface area contributed by atoms with E-state index in [0.29, 0.717) is 6.04 Å². The van der Waals surface area contributed by atoms with E-state index in [-0.39, 0.29) is 5.56 Å².